The van der Waals surface area contributed by atoms with Gasteiger partial charge in [0.05, 0.1) is 26.2 Å². The van der Waals surface area contributed by atoms with E-state index in [2.05, 4.69) is 11.4 Å². The second-order valence-electron chi connectivity index (χ2n) is 5.88. The van der Waals surface area contributed by atoms with Crippen molar-refractivity contribution < 1.29 is 23.8 Å². The van der Waals surface area contributed by atoms with Crippen molar-refractivity contribution in [2.24, 2.45) is 0 Å². The van der Waals surface area contributed by atoms with Crippen LogP contribution in [0.3, 0.4) is 0 Å². The zero-order valence-corrected chi connectivity index (χ0v) is 14.2. The predicted molar refractivity (Wildman–Crippen MR) is 89.0 cm³/mol. The minimum atomic E-state index is -0.805. The van der Waals surface area contributed by atoms with Gasteiger partial charge in [-0.25, -0.2) is 0 Å². The van der Waals surface area contributed by atoms with Gasteiger partial charge in [-0.1, -0.05) is 0 Å². The van der Waals surface area contributed by atoms with E-state index >= 15 is 0 Å². The molecule has 0 unspecified atom stereocenters. The fourth-order valence-corrected chi connectivity index (χ4v) is 2.69. The maximum absolute atomic E-state index is 11.8. The van der Waals surface area contributed by atoms with Crippen LogP contribution < -0.4 is 14.8 Å². The topological polar surface area (TPSA) is 97.7 Å². The Kier molecular flexibility index (Phi) is 6.63. The number of amides is 1. The summed E-state index contributed by atoms with van der Waals surface area (Å²) in [5, 5.41) is 11.9. The molecular weight excluding hydrogens is 324 g/mol. The number of nitriles is 1. The third-order valence-electron chi connectivity index (χ3n) is 4.05. The highest BCUT2D eigenvalue weighted by Gasteiger charge is 2.35. The van der Waals surface area contributed by atoms with Crippen LogP contribution in [0.1, 0.15) is 32.1 Å². The minimum Gasteiger partial charge on any atom is -0.497 e. The Morgan fingerprint density at radius 2 is 1.84 bits per heavy atom. The molecule has 0 atom stereocenters. The molecule has 0 heterocycles. The Morgan fingerprint density at radius 1 is 1.20 bits per heavy atom. The van der Waals surface area contributed by atoms with E-state index in [-0.39, 0.29) is 19.6 Å². The van der Waals surface area contributed by atoms with Gasteiger partial charge >= 0.3 is 5.97 Å². The van der Waals surface area contributed by atoms with Gasteiger partial charge in [-0.3, -0.25) is 9.59 Å². The van der Waals surface area contributed by atoms with E-state index in [1.807, 2.05) is 0 Å². The first kappa shape index (κ1) is 18.6. The van der Waals surface area contributed by atoms with Gasteiger partial charge in [0.1, 0.15) is 17.0 Å². The van der Waals surface area contributed by atoms with Crippen LogP contribution in [0.25, 0.3) is 0 Å². The van der Waals surface area contributed by atoms with Crippen LogP contribution in [0.5, 0.6) is 11.5 Å². The monoisotopic (exact) mass is 346 g/mol. The molecule has 0 aromatic heterocycles. The Bertz CT molecular complexity index is 630. The molecule has 7 heteroatoms. The molecule has 1 aromatic carbocycles. The highest BCUT2D eigenvalue weighted by molar-refractivity contribution is 5.81. The number of ether oxygens (including phenoxy) is 3. The summed E-state index contributed by atoms with van der Waals surface area (Å²) in [4.78, 5) is 23.5. The third-order valence-corrected chi connectivity index (χ3v) is 4.05. The molecule has 1 aliphatic carbocycles. The van der Waals surface area contributed by atoms with Gasteiger partial charge in [0.2, 0.25) is 0 Å². The van der Waals surface area contributed by atoms with Gasteiger partial charge in [0, 0.05) is 0 Å². The van der Waals surface area contributed by atoms with E-state index in [1.54, 1.807) is 31.4 Å². The number of methoxy groups -OCH3 is 1. The van der Waals surface area contributed by atoms with Gasteiger partial charge < -0.3 is 19.5 Å². The number of rotatable bonds is 8. The molecule has 0 spiro atoms. The highest BCUT2D eigenvalue weighted by Crippen LogP contribution is 2.28. The van der Waals surface area contributed by atoms with Crippen molar-refractivity contribution in [3.63, 3.8) is 0 Å². The third kappa shape index (κ3) is 5.68. The number of carbonyl (C=O) groups is 2. The van der Waals surface area contributed by atoms with Crippen LogP contribution in [0.4, 0.5) is 0 Å². The first-order valence-corrected chi connectivity index (χ1v) is 8.22. The molecule has 1 saturated carbocycles. The number of hydrogen-bond acceptors (Lipinski definition) is 6. The summed E-state index contributed by atoms with van der Waals surface area (Å²) in [5.74, 6) is 0.354. The highest BCUT2D eigenvalue weighted by atomic mass is 16.5. The van der Waals surface area contributed by atoms with Gasteiger partial charge in [-0.2, -0.15) is 5.26 Å². The van der Waals surface area contributed by atoms with E-state index < -0.39 is 17.4 Å². The van der Waals surface area contributed by atoms with Crippen molar-refractivity contribution >= 4 is 11.9 Å². The second kappa shape index (κ2) is 8.92. The van der Waals surface area contributed by atoms with Gasteiger partial charge in [0.25, 0.3) is 5.91 Å². The van der Waals surface area contributed by atoms with Gasteiger partial charge in [-0.05, 0) is 49.9 Å². The Hall–Kier alpha value is -2.75. The molecular formula is C18H22N2O5. The van der Waals surface area contributed by atoms with E-state index in [4.69, 9.17) is 14.2 Å². The molecule has 1 aromatic rings. The van der Waals surface area contributed by atoms with Crippen LogP contribution in [-0.4, -0.2) is 37.7 Å². The van der Waals surface area contributed by atoms with Crippen LogP contribution in [0.15, 0.2) is 24.3 Å². The number of nitrogens with one attached hydrogen (secondary N) is 1. The fourth-order valence-electron chi connectivity index (χ4n) is 2.69. The maximum Gasteiger partial charge on any atom is 0.309 e. The lowest BCUT2D eigenvalue weighted by Gasteiger charge is -2.21. The van der Waals surface area contributed by atoms with Gasteiger partial charge in [0.15, 0.2) is 6.61 Å². The molecule has 1 fully saturated rings. The van der Waals surface area contributed by atoms with E-state index in [1.165, 1.54) is 0 Å². The van der Waals surface area contributed by atoms with Crippen molar-refractivity contribution in [3.8, 4) is 17.6 Å². The lowest BCUT2D eigenvalue weighted by molar-refractivity contribution is -0.149. The molecule has 134 valence electrons. The van der Waals surface area contributed by atoms with Crippen molar-refractivity contribution in [2.45, 2.75) is 37.6 Å². The summed E-state index contributed by atoms with van der Waals surface area (Å²) in [5.41, 5.74) is -0.805. The van der Waals surface area contributed by atoms with E-state index in [0.29, 0.717) is 18.6 Å². The van der Waals surface area contributed by atoms with Crippen LogP contribution >= 0.6 is 0 Å². The minimum absolute atomic E-state index is 0.0305. The molecule has 0 saturated heterocycles. The normalized spacial score (nSPS) is 15.0. The van der Waals surface area contributed by atoms with Crippen molar-refractivity contribution in [1.82, 2.24) is 5.32 Å². The smallest absolute Gasteiger partial charge is 0.309 e. The van der Waals surface area contributed by atoms with E-state index in [9.17, 15) is 14.9 Å². The molecule has 0 aliphatic heterocycles. The standard InChI is InChI=1S/C18H22N2O5/c1-23-14-4-6-15(7-5-14)24-11-8-17(22)25-12-16(21)20-18(13-19)9-2-3-10-18/h4-7H,2-3,8-12H2,1H3,(H,20,21). The Balaban J connectivity index is 1.64. The quantitative estimate of drug-likeness (QED) is 0.723. The summed E-state index contributed by atoms with van der Waals surface area (Å²) in [6, 6.07) is 9.14. The van der Waals surface area contributed by atoms with Crippen molar-refractivity contribution in [2.75, 3.05) is 20.3 Å². The summed E-state index contributed by atoms with van der Waals surface area (Å²) < 4.78 is 15.4. The number of hydrogen-bond donors (Lipinski definition) is 1. The molecule has 25 heavy (non-hydrogen) atoms. The molecule has 1 aliphatic rings. The number of esters is 1. The average Bonchev–Trinajstić information content (AvgIpc) is 3.09. The van der Waals surface area contributed by atoms with Crippen LogP contribution in [-0.2, 0) is 14.3 Å². The Morgan fingerprint density at radius 3 is 2.44 bits per heavy atom. The zero-order chi connectivity index (χ0) is 18.1. The average molecular weight is 346 g/mol. The molecule has 0 bridgehead atoms. The summed E-state index contributed by atoms with van der Waals surface area (Å²) in [6.07, 6.45) is 3.13. The number of nitrogens with zero attached hydrogens (tertiary/aromatic N) is 1. The lowest BCUT2D eigenvalue weighted by Crippen LogP contribution is -2.46. The fraction of sp³-hybridized carbons (Fsp3) is 0.500. The van der Waals surface area contributed by atoms with Gasteiger partial charge in [-0.15, -0.1) is 0 Å². The lowest BCUT2D eigenvalue weighted by atomic mass is 10.00. The molecule has 7 nitrogen and oxygen atoms in total. The summed E-state index contributed by atoms with van der Waals surface area (Å²) >= 11 is 0. The largest absolute Gasteiger partial charge is 0.497 e. The molecule has 1 amide bonds. The molecule has 1 N–H and O–H groups in total. The van der Waals surface area contributed by atoms with Crippen molar-refractivity contribution in [1.29, 1.82) is 5.26 Å². The van der Waals surface area contributed by atoms with Crippen LogP contribution in [0, 0.1) is 11.3 Å². The molecule has 0 radical (unpaired) electrons. The van der Waals surface area contributed by atoms with Crippen molar-refractivity contribution in [3.05, 3.63) is 24.3 Å². The van der Waals surface area contributed by atoms with Crippen LogP contribution in [0.2, 0.25) is 0 Å². The molecule has 2 rings (SSSR count). The second-order valence-corrected chi connectivity index (χ2v) is 5.88. The van der Waals surface area contributed by atoms with E-state index in [0.717, 1.165) is 18.6 Å². The summed E-state index contributed by atoms with van der Waals surface area (Å²) in [6.45, 7) is -0.236. The first-order valence-electron chi connectivity index (χ1n) is 8.22. The zero-order valence-electron chi connectivity index (χ0n) is 14.2. The number of carbonyl (C=O) groups excluding carboxylic acids is 2. The predicted octanol–water partition coefficient (Wildman–Crippen LogP) is 1.96. The first-order chi connectivity index (χ1) is 12.1. The SMILES string of the molecule is COc1ccc(OCCC(=O)OCC(=O)NC2(C#N)CCCC2)cc1. The number of benzene rings is 1. The Labute approximate surface area is 146 Å². The maximum atomic E-state index is 11.8. The summed E-state index contributed by atoms with van der Waals surface area (Å²) in [7, 11) is 1.58.